The van der Waals surface area contributed by atoms with Crippen LogP contribution in [-0.4, -0.2) is 16.7 Å². The van der Waals surface area contributed by atoms with Crippen LogP contribution >= 0.6 is 15.9 Å². The van der Waals surface area contributed by atoms with Crippen molar-refractivity contribution in [3.63, 3.8) is 0 Å². The second-order valence-corrected chi connectivity index (χ2v) is 6.71. The van der Waals surface area contributed by atoms with E-state index in [1.165, 1.54) is 0 Å². The van der Waals surface area contributed by atoms with E-state index < -0.39 is 0 Å². The van der Waals surface area contributed by atoms with E-state index in [1.807, 2.05) is 25.1 Å². The molecule has 0 amide bonds. The number of hydrogen-bond acceptors (Lipinski definition) is 4. The lowest BCUT2D eigenvalue weighted by Crippen LogP contribution is -2.19. The minimum atomic E-state index is 0.391. The Labute approximate surface area is 134 Å². The summed E-state index contributed by atoms with van der Waals surface area (Å²) in [6.45, 7) is 7.09. The lowest BCUT2D eigenvalue weighted by Gasteiger charge is -2.14. The van der Waals surface area contributed by atoms with E-state index in [0.29, 0.717) is 30.1 Å². The van der Waals surface area contributed by atoms with Crippen molar-refractivity contribution >= 4 is 15.9 Å². The fraction of sp³-hybridized carbons (Fsp3) is 0.500. The number of rotatable bonds is 6. The number of aromatic nitrogens is 2. The van der Waals surface area contributed by atoms with Gasteiger partial charge in [-0.05, 0) is 43.4 Å². The Morgan fingerprint density at radius 2 is 2.10 bits per heavy atom. The minimum absolute atomic E-state index is 0.391. The maximum absolute atomic E-state index is 5.83. The minimum Gasteiger partial charge on any atom is -0.339 e. The molecule has 0 saturated carbocycles. The number of nitrogens with two attached hydrogens (primary N) is 1. The second-order valence-electron chi connectivity index (χ2n) is 5.86. The second kappa shape index (κ2) is 7.18. The van der Waals surface area contributed by atoms with Gasteiger partial charge < -0.3 is 10.3 Å². The number of halogens is 1. The Morgan fingerprint density at radius 1 is 1.33 bits per heavy atom. The third kappa shape index (κ3) is 4.14. The van der Waals surface area contributed by atoms with Crippen molar-refractivity contribution in [1.82, 2.24) is 10.1 Å². The maximum atomic E-state index is 5.83. The van der Waals surface area contributed by atoms with E-state index >= 15 is 0 Å². The van der Waals surface area contributed by atoms with Crippen molar-refractivity contribution in [3.05, 3.63) is 34.1 Å². The van der Waals surface area contributed by atoms with Crippen molar-refractivity contribution in [2.24, 2.45) is 17.6 Å². The SMILES string of the molecule is Cc1c(Br)cccc1-c1noc(C[C@@H](CN)CC(C)C)n1. The Kier molecular flexibility index (Phi) is 5.53. The molecule has 2 rings (SSSR count). The van der Waals surface area contributed by atoms with Crippen molar-refractivity contribution in [3.8, 4) is 11.4 Å². The first-order valence-corrected chi connectivity index (χ1v) is 8.08. The summed E-state index contributed by atoms with van der Waals surface area (Å²) >= 11 is 3.53. The molecule has 0 bridgehead atoms. The zero-order chi connectivity index (χ0) is 15.4. The molecule has 2 N–H and O–H groups in total. The Balaban J connectivity index is 2.16. The van der Waals surface area contributed by atoms with Gasteiger partial charge in [-0.15, -0.1) is 0 Å². The molecule has 21 heavy (non-hydrogen) atoms. The summed E-state index contributed by atoms with van der Waals surface area (Å²) in [4.78, 5) is 4.52. The van der Waals surface area contributed by atoms with Crippen LogP contribution < -0.4 is 5.73 Å². The van der Waals surface area contributed by atoms with Crippen LogP contribution in [0.15, 0.2) is 27.2 Å². The molecule has 0 fully saturated rings. The monoisotopic (exact) mass is 351 g/mol. The third-order valence-corrected chi connectivity index (χ3v) is 4.44. The molecule has 0 aliphatic rings. The highest BCUT2D eigenvalue weighted by atomic mass is 79.9. The molecule has 1 aromatic carbocycles. The topological polar surface area (TPSA) is 64.9 Å². The van der Waals surface area contributed by atoms with Crippen LogP contribution in [0.4, 0.5) is 0 Å². The van der Waals surface area contributed by atoms with Gasteiger partial charge in [-0.25, -0.2) is 0 Å². The van der Waals surface area contributed by atoms with E-state index in [9.17, 15) is 0 Å². The van der Waals surface area contributed by atoms with Crippen LogP contribution in [0.3, 0.4) is 0 Å². The summed E-state index contributed by atoms with van der Waals surface area (Å²) in [6.07, 6.45) is 1.82. The molecule has 2 aromatic rings. The average molecular weight is 352 g/mol. The molecule has 1 atom stereocenters. The molecule has 1 aromatic heterocycles. The van der Waals surface area contributed by atoms with Gasteiger partial charge in [0.2, 0.25) is 11.7 Å². The van der Waals surface area contributed by atoms with Crippen LogP contribution in [0.1, 0.15) is 31.7 Å². The van der Waals surface area contributed by atoms with E-state index in [2.05, 4.69) is 39.9 Å². The highest BCUT2D eigenvalue weighted by Crippen LogP contribution is 2.27. The number of hydrogen-bond donors (Lipinski definition) is 1. The predicted molar refractivity (Wildman–Crippen MR) is 87.9 cm³/mol. The number of benzene rings is 1. The van der Waals surface area contributed by atoms with E-state index in [-0.39, 0.29) is 0 Å². The van der Waals surface area contributed by atoms with Crippen LogP contribution in [0, 0.1) is 18.8 Å². The Hall–Kier alpha value is -1.20. The normalized spacial score (nSPS) is 12.9. The van der Waals surface area contributed by atoms with Gasteiger partial charge in [-0.3, -0.25) is 0 Å². The lowest BCUT2D eigenvalue weighted by molar-refractivity contribution is 0.332. The first-order valence-electron chi connectivity index (χ1n) is 7.29. The lowest BCUT2D eigenvalue weighted by atomic mass is 9.94. The first kappa shape index (κ1) is 16.2. The molecular formula is C16H22BrN3O. The van der Waals surface area contributed by atoms with Crippen LogP contribution in [0.5, 0.6) is 0 Å². The van der Waals surface area contributed by atoms with Gasteiger partial charge in [0, 0.05) is 16.5 Å². The summed E-state index contributed by atoms with van der Waals surface area (Å²) < 4.78 is 6.44. The van der Waals surface area contributed by atoms with Gasteiger partial charge in [0.05, 0.1) is 0 Å². The Morgan fingerprint density at radius 3 is 2.76 bits per heavy atom. The average Bonchev–Trinajstić information content (AvgIpc) is 2.89. The molecule has 0 saturated heterocycles. The highest BCUT2D eigenvalue weighted by Gasteiger charge is 2.16. The largest absolute Gasteiger partial charge is 0.339 e. The van der Waals surface area contributed by atoms with Gasteiger partial charge >= 0.3 is 0 Å². The Bertz CT molecular complexity index is 595. The fourth-order valence-electron chi connectivity index (χ4n) is 2.47. The fourth-order valence-corrected chi connectivity index (χ4v) is 2.84. The predicted octanol–water partition coefficient (Wildman–Crippen LogP) is 3.97. The maximum Gasteiger partial charge on any atom is 0.227 e. The molecule has 0 spiro atoms. The van der Waals surface area contributed by atoms with Crippen LogP contribution in [0.25, 0.3) is 11.4 Å². The molecule has 0 radical (unpaired) electrons. The van der Waals surface area contributed by atoms with Gasteiger partial charge in [-0.1, -0.05) is 47.1 Å². The standard InChI is InChI=1S/C16H22BrN3O/c1-10(2)7-12(9-18)8-15-19-16(20-21-15)13-5-4-6-14(17)11(13)3/h4-6,10,12H,7-9,18H2,1-3H3/t12-/m0/s1. The molecular weight excluding hydrogens is 330 g/mol. The van der Waals surface area contributed by atoms with E-state index in [1.54, 1.807) is 0 Å². The third-order valence-electron chi connectivity index (χ3n) is 3.58. The molecule has 114 valence electrons. The molecule has 5 heteroatoms. The smallest absolute Gasteiger partial charge is 0.227 e. The highest BCUT2D eigenvalue weighted by molar-refractivity contribution is 9.10. The molecule has 0 aliphatic heterocycles. The van der Waals surface area contributed by atoms with Crippen LogP contribution in [0.2, 0.25) is 0 Å². The van der Waals surface area contributed by atoms with E-state index in [0.717, 1.165) is 28.4 Å². The van der Waals surface area contributed by atoms with Crippen molar-refractivity contribution in [2.75, 3.05) is 6.54 Å². The van der Waals surface area contributed by atoms with Crippen LogP contribution in [-0.2, 0) is 6.42 Å². The van der Waals surface area contributed by atoms with Gasteiger partial charge in [-0.2, -0.15) is 4.98 Å². The zero-order valence-corrected chi connectivity index (χ0v) is 14.4. The number of nitrogens with zero attached hydrogens (tertiary/aromatic N) is 2. The quantitative estimate of drug-likeness (QED) is 0.854. The van der Waals surface area contributed by atoms with Crippen molar-refractivity contribution in [2.45, 2.75) is 33.6 Å². The first-order chi connectivity index (χ1) is 10.0. The van der Waals surface area contributed by atoms with Crippen molar-refractivity contribution < 1.29 is 4.52 Å². The van der Waals surface area contributed by atoms with Gasteiger partial charge in [0.1, 0.15) is 0 Å². The molecule has 1 heterocycles. The zero-order valence-electron chi connectivity index (χ0n) is 12.8. The van der Waals surface area contributed by atoms with Gasteiger partial charge in [0.25, 0.3) is 0 Å². The summed E-state index contributed by atoms with van der Waals surface area (Å²) in [5, 5.41) is 4.11. The molecule has 4 nitrogen and oxygen atoms in total. The summed E-state index contributed by atoms with van der Waals surface area (Å²) in [5.74, 6) is 2.32. The van der Waals surface area contributed by atoms with Crippen molar-refractivity contribution in [1.29, 1.82) is 0 Å². The molecule has 0 unspecified atom stereocenters. The van der Waals surface area contributed by atoms with Gasteiger partial charge in [0.15, 0.2) is 0 Å². The van der Waals surface area contributed by atoms with E-state index in [4.69, 9.17) is 10.3 Å². The summed E-state index contributed by atoms with van der Waals surface area (Å²) in [6, 6.07) is 5.99. The summed E-state index contributed by atoms with van der Waals surface area (Å²) in [7, 11) is 0. The summed E-state index contributed by atoms with van der Waals surface area (Å²) in [5.41, 5.74) is 7.94. The molecule has 0 aliphatic carbocycles.